The van der Waals surface area contributed by atoms with Crippen LogP contribution in [0.15, 0.2) is 54.6 Å². The minimum atomic E-state index is -0.00694. The van der Waals surface area contributed by atoms with Gasteiger partial charge in [0.25, 0.3) is 0 Å². The lowest BCUT2D eigenvalue weighted by Crippen LogP contribution is -2.04. The smallest absolute Gasteiger partial charge is 0.308 e. The zero-order valence-corrected chi connectivity index (χ0v) is 14.3. The third kappa shape index (κ3) is 8.87. The van der Waals surface area contributed by atoms with E-state index in [1.165, 1.54) is 0 Å². The second-order valence-corrected chi connectivity index (χ2v) is 5.40. The Kier molecular flexibility index (Phi) is 9.53. The van der Waals surface area contributed by atoms with Gasteiger partial charge in [-0.15, -0.1) is 0 Å². The summed E-state index contributed by atoms with van der Waals surface area (Å²) in [7, 11) is 0. The molecule has 0 N–H and O–H groups in total. The van der Waals surface area contributed by atoms with Crippen LogP contribution >= 0.6 is 0 Å². The number of carbonyl (C=O) groups is 1. The topological polar surface area (TPSA) is 35.5 Å². The summed E-state index contributed by atoms with van der Waals surface area (Å²) in [6.07, 6.45) is 8.36. The number of carbonyl (C=O) groups excluding carboxylic acids is 1. The van der Waals surface area contributed by atoms with Crippen LogP contribution in [0.4, 0.5) is 0 Å². The molecule has 1 aliphatic carbocycles. The highest BCUT2D eigenvalue weighted by Gasteiger charge is 2.30. The molecule has 3 heteroatoms. The van der Waals surface area contributed by atoms with Crippen molar-refractivity contribution in [2.45, 2.75) is 39.5 Å². The van der Waals surface area contributed by atoms with Crippen molar-refractivity contribution in [3.63, 3.8) is 0 Å². The molecule has 0 spiro atoms. The fourth-order valence-corrected chi connectivity index (χ4v) is 1.79. The number of ether oxygens (including phenoxy) is 2. The van der Waals surface area contributed by atoms with Gasteiger partial charge in [-0.3, -0.25) is 4.79 Å². The Balaban J connectivity index is 0.000000277. The van der Waals surface area contributed by atoms with Crippen LogP contribution in [-0.4, -0.2) is 19.2 Å². The van der Waals surface area contributed by atoms with Crippen LogP contribution in [0.25, 0.3) is 0 Å². The van der Waals surface area contributed by atoms with E-state index in [1.54, 1.807) is 0 Å². The van der Waals surface area contributed by atoms with Gasteiger partial charge >= 0.3 is 5.97 Å². The van der Waals surface area contributed by atoms with Crippen molar-refractivity contribution in [3.05, 3.63) is 54.6 Å². The Bertz CT molecular complexity index is 487. The number of esters is 1. The van der Waals surface area contributed by atoms with Crippen molar-refractivity contribution in [1.29, 1.82) is 0 Å². The average Bonchev–Trinajstić information content (AvgIpc) is 3.42. The molecule has 0 heterocycles. The van der Waals surface area contributed by atoms with Gasteiger partial charge in [-0.2, -0.15) is 0 Å². The van der Waals surface area contributed by atoms with Crippen LogP contribution in [0, 0.1) is 5.92 Å². The highest BCUT2D eigenvalue weighted by atomic mass is 16.5. The molecular formula is C20H28O3. The molecule has 23 heavy (non-hydrogen) atoms. The maximum Gasteiger partial charge on any atom is 0.308 e. The summed E-state index contributed by atoms with van der Waals surface area (Å²) in [6.45, 7) is 8.90. The van der Waals surface area contributed by atoms with Crippen molar-refractivity contribution >= 4 is 5.97 Å². The normalized spacial score (nSPS) is 13.6. The van der Waals surface area contributed by atoms with Crippen LogP contribution in [0.3, 0.4) is 0 Å². The number of hydrogen-bond acceptors (Lipinski definition) is 3. The predicted octanol–water partition coefficient (Wildman–Crippen LogP) is 4.94. The molecule has 3 nitrogen and oxygen atoms in total. The standard InChI is InChI=1S/C14H18O.C6H10O2/c1-3-5-9-13(4-2)12-15-14-10-7-6-8-11-14;1-2-8-6(7)5-3-4-5/h4,6-11H,2-3,5,12H2,1H3;5H,2-4H2,1H3/b13-9+;. The summed E-state index contributed by atoms with van der Waals surface area (Å²) >= 11 is 0. The first-order valence-corrected chi connectivity index (χ1v) is 8.37. The lowest BCUT2D eigenvalue weighted by molar-refractivity contribution is -0.144. The molecule has 126 valence electrons. The average molecular weight is 316 g/mol. The molecule has 0 unspecified atom stereocenters. The zero-order chi connectivity index (χ0) is 16.9. The number of allylic oxidation sites excluding steroid dienone is 1. The number of benzene rings is 1. The molecule has 1 aliphatic rings. The summed E-state index contributed by atoms with van der Waals surface area (Å²) in [5.74, 6) is 1.16. The Labute approximate surface area is 140 Å². The number of hydrogen-bond donors (Lipinski definition) is 0. The van der Waals surface area contributed by atoms with E-state index in [0.717, 1.165) is 37.0 Å². The Morgan fingerprint density at radius 2 is 1.96 bits per heavy atom. The van der Waals surface area contributed by atoms with Gasteiger partial charge in [-0.25, -0.2) is 0 Å². The first-order valence-electron chi connectivity index (χ1n) is 8.37. The van der Waals surface area contributed by atoms with Gasteiger partial charge in [0.15, 0.2) is 0 Å². The van der Waals surface area contributed by atoms with E-state index in [1.807, 2.05) is 43.3 Å². The van der Waals surface area contributed by atoms with Gasteiger partial charge in [-0.1, -0.05) is 50.3 Å². The second-order valence-electron chi connectivity index (χ2n) is 5.40. The van der Waals surface area contributed by atoms with Gasteiger partial charge in [0.05, 0.1) is 12.5 Å². The van der Waals surface area contributed by atoms with E-state index in [9.17, 15) is 4.79 Å². The fraction of sp³-hybridized carbons (Fsp3) is 0.450. The third-order valence-corrected chi connectivity index (χ3v) is 3.30. The summed E-state index contributed by atoms with van der Waals surface area (Å²) < 4.78 is 10.3. The van der Waals surface area contributed by atoms with Gasteiger partial charge < -0.3 is 9.47 Å². The van der Waals surface area contributed by atoms with E-state index in [4.69, 9.17) is 9.47 Å². The number of rotatable bonds is 8. The maximum absolute atomic E-state index is 10.6. The summed E-state index contributed by atoms with van der Waals surface area (Å²) in [4.78, 5) is 10.6. The predicted molar refractivity (Wildman–Crippen MR) is 94.5 cm³/mol. The minimum Gasteiger partial charge on any atom is -0.489 e. The molecule has 0 bridgehead atoms. The molecule has 0 saturated heterocycles. The van der Waals surface area contributed by atoms with Crippen LogP contribution in [0.1, 0.15) is 39.5 Å². The SMILES string of the molecule is C=C/C(=C\CCC)COc1ccccc1.CCOC(=O)C1CC1. The van der Waals surface area contributed by atoms with Crippen molar-refractivity contribution < 1.29 is 14.3 Å². The third-order valence-electron chi connectivity index (χ3n) is 3.30. The molecule has 1 aromatic carbocycles. The molecule has 1 saturated carbocycles. The largest absolute Gasteiger partial charge is 0.489 e. The fourth-order valence-electron chi connectivity index (χ4n) is 1.79. The first kappa shape index (κ1) is 19.0. The monoisotopic (exact) mass is 316 g/mol. The molecule has 0 amide bonds. The van der Waals surface area contributed by atoms with E-state index in [2.05, 4.69) is 19.6 Å². The van der Waals surface area contributed by atoms with Crippen LogP contribution in [-0.2, 0) is 9.53 Å². The highest BCUT2D eigenvalue weighted by Crippen LogP contribution is 2.29. The van der Waals surface area contributed by atoms with E-state index in [0.29, 0.717) is 13.2 Å². The van der Waals surface area contributed by atoms with Crippen LogP contribution in [0.2, 0.25) is 0 Å². The zero-order valence-electron chi connectivity index (χ0n) is 14.3. The Morgan fingerprint density at radius 3 is 2.48 bits per heavy atom. The van der Waals surface area contributed by atoms with Crippen molar-refractivity contribution in [1.82, 2.24) is 0 Å². The quantitative estimate of drug-likeness (QED) is 0.503. The van der Waals surface area contributed by atoms with Crippen molar-refractivity contribution in [2.75, 3.05) is 13.2 Å². The highest BCUT2D eigenvalue weighted by molar-refractivity contribution is 5.74. The minimum absolute atomic E-state index is 0.00694. The summed E-state index contributed by atoms with van der Waals surface area (Å²) in [6, 6.07) is 9.84. The van der Waals surface area contributed by atoms with Crippen LogP contribution < -0.4 is 4.74 Å². The van der Waals surface area contributed by atoms with Gasteiger partial charge in [0, 0.05) is 0 Å². The molecule has 0 radical (unpaired) electrons. The first-order chi connectivity index (χ1) is 11.2. The van der Waals surface area contributed by atoms with E-state index >= 15 is 0 Å². The molecule has 2 rings (SSSR count). The van der Waals surface area contributed by atoms with Gasteiger partial charge in [0.1, 0.15) is 12.4 Å². The maximum atomic E-state index is 10.6. The molecule has 1 fully saturated rings. The van der Waals surface area contributed by atoms with Crippen molar-refractivity contribution in [2.24, 2.45) is 5.92 Å². The number of unbranched alkanes of at least 4 members (excludes halogenated alkanes) is 1. The summed E-state index contributed by atoms with van der Waals surface area (Å²) in [5, 5.41) is 0. The Hall–Kier alpha value is -2.03. The molecule has 0 aliphatic heterocycles. The Morgan fingerprint density at radius 1 is 1.26 bits per heavy atom. The second kappa shape index (κ2) is 11.5. The summed E-state index contributed by atoms with van der Waals surface area (Å²) in [5.41, 5.74) is 1.15. The van der Waals surface area contributed by atoms with Gasteiger partial charge in [-0.05, 0) is 43.9 Å². The van der Waals surface area contributed by atoms with Crippen LogP contribution in [0.5, 0.6) is 5.75 Å². The lowest BCUT2D eigenvalue weighted by atomic mass is 10.2. The van der Waals surface area contributed by atoms with Crippen molar-refractivity contribution in [3.8, 4) is 5.75 Å². The lowest BCUT2D eigenvalue weighted by Gasteiger charge is -2.06. The molecule has 1 aromatic rings. The molecular weight excluding hydrogens is 288 g/mol. The van der Waals surface area contributed by atoms with Gasteiger partial charge in [0.2, 0.25) is 0 Å². The van der Waals surface area contributed by atoms with E-state index < -0.39 is 0 Å². The molecule has 0 atom stereocenters. The number of para-hydroxylation sites is 1. The molecule has 0 aromatic heterocycles. The van der Waals surface area contributed by atoms with E-state index in [-0.39, 0.29) is 11.9 Å².